The normalized spacial score (nSPS) is 16.5. The molecule has 1 unspecified atom stereocenters. The molecule has 24 heavy (non-hydrogen) atoms. The molecule has 0 spiro atoms. The van der Waals surface area contributed by atoms with Gasteiger partial charge in [0.2, 0.25) is 5.75 Å². The van der Waals surface area contributed by atoms with Crippen molar-refractivity contribution in [3.63, 3.8) is 0 Å². The van der Waals surface area contributed by atoms with Gasteiger partial charge in [-0.3, -0.25) is 4.79 Å². The monoisotopic (exact) mass is 334 g/mol. The minimum atomic E-state index is -0.926. The van der Waals surface area contributed by atoms with Gasteiger partial charge in [-0.05, 0) is 19.1 Å². The van der Waals surface area contributed by atoms with Crippen molar-refractivity contribution in [3.8, 4) is 40.2 Å². The van der Waals surface area contributed by atoms with Crippen LogP contribution in [0.15, 0.2) is 12.1 Å². The van der Waals surface area contributed by atoms with Gasteiger partial charge in [-0.2, -0.15) is 0 Å². The summed E-state index contributed by atoms with van der Waals surface area (Å²) >= 11 is 0. The zero-order chi connectivity index (χ0) is 17.8. The first kappa shape index (κ1) is 15.6. The average Bonchev–Trinajstić information content (AvgIpc) is 2.54. The number of phenols is 6. The van der Waals surface area contributed by atoms with Gasteiger partial charge >= 0.3 is 0 Å². The molecule has 2 aromatic carbocycles. The first-order valence-electron chi connectivity index (χ1n) is 6.94. The Morgan fingerprint density at radius 1 is 0.917 bits per heavy atom. The van der Waals surface area contributed by atoms with Crippen molar-refractivity contribution in [2.24, 2.45) is 0 Å². The second kappa shape index (κ2) is 5.12. The Kier molecular flexibility index (Phi) is 3.33. The molecule has 0 aromatic heterocycles. The predicted octanol–water partition coefficient (Wildman–Crippen LogP) is 1.94. The summed E-state index contributed by atoms with van der Waals surface area (Å²) in [6.45, 7) is 1.40. The van der Waals surface area contributed by atoms with Gasteiger partial charge in [-0.15, -0.1) is 0 Å². The fourth-order valence-electron chi connectivity index (χ4n) is 2.67. The Labute approximate surface area is 135 Å². The molecule has 3 rings (SSSR count). The highest BCUT2D eigenvalue weighted by molar-refractivity contribution is 6.04. The molecule has 0 fully saturated rings. The maximum absolute atomic E-state index is 12.3. The molecule has 1 aliphatic heterocycles. The summed E-state index contributed by atoms with van der Waals surface area (Å²) in [5, 5.41) is 57.9. The van der Waals surface area contributed by atoms with Crippen molar-refractivity contribution in [3.05, 3.63) is 28.8 Å². The number of carbonyl (C=O) groups is 1. The third-order valence-electron chi connectivity index (χ3n) is 3.98. The summed E-state index contributed by atoms with van der Waals surface area (Å²) in [6, 6.07) is 2.26. The summed E-state index contributed by atoms with van der Waals surface area (Å²) in [5.74, 6) is -4.71. The average molecular weight is 334 g/mol. The van der Waals surface area contributed by atoms with E-state index in [1.54, 1.807) is 0 Å². The number of Topliss-reactive ketones (excluding diaryl/α,β-unsaturated/α-hetero) is 1. The lowest BCUT2D eigenvalue weighted by molar-refractivity contribution is 0.0840. The first-order valence-corrected chi connectivity index (χ1v) is 6.94. The summed E-state index contributed by atoms with van der Waals surface area (Å²) < 4.78 is 5.63. The number of ether oxygens (including phenoxy) is 1. The third-order valence-corrected chi connectivity index (χ3v) is 3.98. The Morgan fingerprint density at radius 2 is 1.50 bits per heavy atom. The third kappa shape index (κ3) is 2.11. The van der Waals surface area contributed by atoms with Crippen molar-refractivity contribution < 1.29 is 40.2 Å². The van der Waals surface area contributed by atoms with E-state index in [9.17, 15) is 35.4 Å². The Bertz CT molecular complexity index is 848. The zero-order valence-electron chi connectivity index (χ0n) is 12.4. The van der Waals surface area contributed by atoms with Gasteiger partial charge in [0.1, 0.15) is 17.4 Å². The maximum Gasteiger partial charge on any atom is 0.201 e. The second-order valence-electron chi connectivity index (χ2n) is 5.52. The lowest BCUT2D eigenvalue weighted by atomic mass is 9.93. The molecule has 1 heterocycles. The van der Waals surface area contributed by atoms with E-state index in [2.05, 4.69) is 0 Å². The van der Waals surface area contributed by atoms with Gasteiger partial charge in [-0.25, -0.2) is 0 Å². The van der Waals surface area contributed by atoms with Gasteiger partial charge in [0.05, 0.1) is 6.42 Å². The molecule has 0 radical (unpaired) electrons. The van der Waals surface area contributed by atoms with Crippen molar-refractivity contribution in [2.75, 3.05) is 0 Å². The molecule has 0 bridgehead atoms. The number of benzene rings is 2. The number of rotatable bonds is 1. The van der Waals surface area contributed by atoms with E-state index in [1.807, 2.05) is 0 Å². The van der Waals surface area contributed by atoms with Gasteiger partial charge in [0.15, 0.2) is 34.5 Å². The maximum atomic E-state index is 12.3. The molecule has 0 aliphatic carbocycles. The van der Waals surface area contributed by atoms with Crippen molar-refractivity contribution in [1.29, 1.82) is 0 Å². The van der Waals surface area contributed by atoms with Gasteiger partial charge in [-0.1, -0.05) is 0 Å². The SMILES string of the molecule is Cc1c(O)c(O)c(O)c2c1OC(c1cc(O)c(O)c(O)c1)CC2=O. The zero-order valence-corrected chi connectivity index (χ0v) is 12.4. The van der Waals surface area contributed by atoms with Crippen LogP contribution in [0.3, 0.4) is 0 Å². The smallest absolute Gasteiger partial charge is 0.201 e. The van der Waals surface area contributed by atoms with Crippen LogP contribution >= 0.6 is 0 Å². The van der Waals surface area contributed by atoms with Crippen LogP contribution in [-0.2, 0) is 0 Å². The molecule has 6 N–H and O–H groups in total. The van der Waals surface area contributed by atoms with Gasteiger partial charge in [0.25, 0.3) is 0 Å². The fourth-order valence-corrected chi connectivity index (χ4v) is 2.67. The number of ketones is 1. The van der Waals surface area contributed by atoms with E-state index in [0.717, 1.165) is 12.1 Å². The quantitative estimate of drug-likeness (QED) is 0.433. The highest BCUT2D eigenvalue weighted by Crippen LogP contribution is 2.51. The largest absolute Gasteiger partial charge is 0.504 e. The van der Waals surface area contributed by atoms with Crippen LogP contribution in [0.1, 0.15) is 34.0 Å². The van der Waals surface area contributed by atoms with Crippen molar-refractivity contribution >= 4 is 5.78 Å². The first-order chi connectivity index (χ1) is 11.2. The predicted molar refractivity (Wildman–Crippen MR) is 79.9 cm³/mol. The topological polar surface area (TPSA) is 148 Å². The van der Waals surface area contributed by atoms with E-state index in [4.69, 9.17) is 4.74 Å². The standard InChI is InChI=1S/C16H14O8/c1-5-12(20)15(23)14(22)11-7(17)4-10(24-16(5)11)6-2-8(18)13(21)9(19)3-6/h2-3,10,18-23H,4H2,1H3. The van der Waals surface area contributed by atoms with Crippen molar-refractivity contribution in [2.45, 2.75) is 19.4 Å². The van der Waals surface area contributed by atoms with Crippen LogP contribution in [0.25, 0.3) is 0 Å². The number of hydrogen-bond acceptors (Lipinski definition) is 8. The Hall–Kier alpha value is -3.29. The molecule has 1 aliphatic rings. The van der Waals surface area contributed by atoms with Crippen LogP contribution in [0.2, 0.25) is 0 Å². The molecule has 1 atom stereocenters. The summed E-state index contributed by atoms with van der Waals surface area (Å²) in [7, 11) is 0. The molecular weight excluding hydrogens is 320 g/mol. The van der Waals surface area contributed by atoms with Crippen molar-refractivity contribution in [1.82, 2.24) is 0 Å². The Balaban J connectivity index is 2.12. The van der Waals surface area contributed by atoms with Crippen LogP contribution < -0.4 is 4.74 Å². The summed E-state index contributed by atoms with van der Waals surface area (Å²) in [5.41, 5.74) is 0.0325. The Morgan fingerprint density at radius 3 is 2.08 bits per heavy atom. The van der Waals surface area contributed by atoms with Crippen LogP contribution in [0, 0.1) is 6.92 Å². The number of aromatic hydroxyl groups is 6. The summed E-state index contributed by atoms with van der Waals surface area (Å²) in [4.78, 5) is 12.3. The fraction of sp³-hybridized carbons (Fsp3) is 0.188. The van der Waals surface area contributed by atoms with E-state index < -0.39 is 46.4 Å². The molecule has 126 valence electrons. The van der Waals surface area contributed by atoms with Crippen LogP contribution in [0.5, 0.6) is 40.2 Å². The number of phenolic OH excluding ortho intramolecular Hbond substituents is 6. The molecule has 8 heteroatoms. The molecule has 2 aromatic rings. The van der Waals surface area contributed by atoms with Crippen LogP contribution in [0.4, 0.5) is 0 Å². The lowest BCUT2D eigenvalue weighted by Gasteiger charge is -2.28. The second-order valence-corrected chi connectivity index (χ2v) is 5.52. The van der Waals surface area contributed by atoms with E-state index in [1.165, 1.54) is 6.92 Å². The molecular formula is C16H14O8. The van der Waals surface area contributed by atoms with E-state index in [0.29, 0.717) is 0 Å². The number of hydrogen-bond donors (Lipinski definition) is 6. The molecule has 0 saturated heterocycles. The minimum absolute atomic E-state index is 0.0607. The van der Waals surface area contributed by atoms with Gasteiger partial charge < -0.3 is 35.4 Å². The lowest BCUT2D eigenvalue weighted by Crippen LogP contribution is -2.21. The molecule has 0 amide bonds. The molecule has 8 nitrogen and oxygen atoms in total. The van der Waals surface area contributed by atoms with E-state index in [-0.39, 0.29) is 28.9 Å². The van der Waals surface area contributed by atoms with Gasteiger partial charge in [0, 0.05) is 11.1 Å². The summed E-state index contributed by atoms with van der Waals surface area (Å²) in [6.07, 6.45) is -1.17. The highest BCUT2D eigenvalue weighted by atomic mass is 16.5. The van der Waals surface area contributed by atoms with Crippen LogP contribution in [-0.4, -0.2) is 36.4 Å². The number of carbonyl (C=O) groups excluding carboxylic acids is 1. The minimum Gasteiger partial charge on any atom is -0.504 e. The number of fused-ring (bicyclic) bond motifs is 1. The highest BCUT2D eigenvalue weighted by Gasteiger charge is 2.35. The van der Waals surface area contributed by atoms with E-state index >= 15 is 0 Å². The molecule has 0 saturated carbocycles.